The minimum absolute atomic E-state index is 0.0282. The molecule has 1 unspecified atom stereocenters. The van der Waals surface area contributed by atoms with Crippen LogP contribution in [0.15, 0.2) is 24.3 Å². The molecule has 3 fully saturated rings. The van der Waals surface area contributed by atoms with E-state index in [0.29, 0.717) is 13.2 Å². The van der Waals surface area contributed by atoms with Gasteiger partial charge in [0.1, 0.15) is 12.7 Å². The first-order chi connectivity index (χ1) is 10.3. The summed E-state index contributed by atoms with van der Waals surface area (Å²) in [6.45, 7) is 5.44. The van der Waals surface area contributed by atoms with Gasteiger partial charge in [-0.05, 0) is 24.3 Å². The Morgan fingerprint density at radius 3 is 2.48 bits per heavy atom. The number of rotatable bonds is 3. The largest absolute Gasteiger partial charge is 0.394 e. The van der Waals surface area contributed by atoms with E-state index in [-0.39, 0.29) is 12.7 Å². The first-order valence-corrected chi connectivity index (χ1v) is 7.57. The van der Waals surface area contributed by atoms with E-state index >= 15 is 0 Å². The molecule has 3 heterocycles. The molecule has 4 rings (SSSR count). The molecule has 0 aromatic heterocycles. The molecule has 114 valence electrons. The molecule has 3 aliphatic rings. The van der Waals surface area contributed by atoms with Gasteiger partial charge >= 0.3 is 0 Å². The van der Waals surface area contributed by atoms with Crippen molar-refractivity contribution in [3.05, 3.63) is 24.3 Å². The molecule has 6 heteroatoms. The Bertz CT molecular complexity index is 497. The second-order valence-corrected chi connectivity index (χ2v) is 5.79. The summed E-state index contributed by atoms with van der Waals surface area (Å²) in [5.74, 6) is -0.621. The van der Waals surface area contributed by atoms with Gasteiger partial charge in [0.25, 0.3) is 5.91 Å². The fourth-order valence-corrected chi connectivity index (χ4v) is 3.15. The summed E-state index contributed by atoms with van der Waals surface area (Å²) in [6, 6.07) is 8.54. The van der Waals surface area contributed by atoms with Crippen LogP contribution in [0.25, 0.3) is 0 Å². The molecule has 0 amide bonds. The molecule has 0 radical (unpaired) electrons. The zero-order chi connectivity index (χ0) is 14.3. The van der Waals surface area contributed by atoms with Crippen LogP contribution in [0, 0.1) is 0 Å². The van der Waals surface area contributed by atoms with Crippen LogP contribution in [0.3, 0.4) is 0 Å². The van der Waals surface area contributed by atoms with Crippen molar-refractivity contribution in [3.63, 3.8) is 0 Å². The minimum atomic E-state index is -0.621. The van der Waals surface area contributed by atoms with Gasteiger partial charge in [-0.15, -0.1) is 0 Å². The Labute approximate surface area is 124 Å². The van der Waals surface area contributed by atoms with Crippen LogP contribution < -0.4 is 15.1 Å². The molecule has 0 bridgehead atoms. The minimum Gasteiger partial charge on any atom is -0.394 e. The lowest BCUT2D eigenvalue weighted by Crippen LogP contribution is -2.43. The zero-order valence-corrected chi connectivity index (χ0v) is 12.0. The van der Waals surface area contributed by atoms with Crippen molar-refractivity contribution in [2.45, 2.75) is 12.0 Å². The highest BCUT2D eigenvalue weighted by Crippen LogP contribution is 2.42. The normalized spacial score (nSPS) is 32.0. The number of nitrogens with one attached hydrogen (secondary N) is 1. The molecule has 0 saturated carbocycles. The van der Waals surface area contributed by atoms with Gasteiger partial charge in [0.2, 0.25) is 0 Å². The molecule has 1 spiro atoms. The summed E-state index contributed by atoms with van der Waals surface area (Å²) in [5, 5.41) is 12.6. The highest BCUT2D eigenvalue weighted by atomic mass is 16.8. The number of epoxide rings is 1. The lowest BCUT2D eigenvalue weighted by molar-refractivity contribution is -0.0535. The van der Waals surface area contributed by atoms with Crippen molar-refractivity contribution < 1.29 is 14.6 Å². The van der Waals surface area contributed by atoms with Gasteiger partial charge in [0.15, 0.2) is 0 Å². The van der Waals surface area contributed by atoms with E-state index in [1.54, 1.807) is 0 Å². The van der Waals surface area contributed by atoms with Gasteiger partial charge in [-0.1, -0.05) is 0 Å². The van der Waals surface area contributed by atoms with E-state index in [4.69, 9.17) is 9.47 Å². The number of aliphatic hydroxyl groups is 1. The maximum Gasteiger partial charge on any atom is 0.277 e. The van der Waals surface area contributed by atoms with Crippen molar-refractivity contribution in [2.24, 2.45) is 0 Å². The molecule has 1 aromatic rings. The Morgan fingerprint density at radius 2 is 1.86 bits per heavy atom. The van der Waals surface area contributed by atoms with Crippen molar-refractivity contribution in [1.29, 1.82) is 0 Å². The Balaban J connectivity index is 1.51. The first kappa shape index (κ1) is 13.3. The highest BCUT2D eigenvalue weighted by molar-refractivity contribution is 5.58. The molecule has 3 aliphatic heterocycles. The summed E-state index contributed by atoms with van der Waals surface area (Å²) in [7, 11) is 0. The van der Waals surface area contributed by atoms with E-state index in [2.05, 4.69) is 39.4 Å². The van der Waals surface area contributed by atoms with Crippen LogP contribution in [0.2, 0.25) is 0 Å². The third-order valence-corrected chi connectivity index (χ3v) is 4.39. The van der Waals surface area contributed by atoms with Crippen LogP contribution in [0.5, 0.6) is 0 Å². The summed E-state index contributed by atoms with van der Waals surface area (Å²) in [4.78, 5) is 4.50. The summed E-state index contributed by atoms with van der Waals surface area (Å²) in [5.41, 5.74) is 2.34. The van der Waals surface area contributed by atoms with Gasteiger partial charge in [-0.25, -0.2) is 0 Å². The topological polar surface area (TPSA) is 60.5 Å². The summed E-state index contributed by atoms with van der Waals surface area (Å²) in [6.07, 6.45) is -0.166. The summed E-state index contributed by atoms with van der Waals surface area (Å²) < 4.78 is 11.2. The van der Waals surface area contributed by atoms with Crippen LogP contribution in [0.4, 0.5) is 11.4 Å². The van der Waals surface area contributed by atoms with Gasteiger partial charge in [0, 0.05) is 37.6 Å². The van der Waals surface area contributed by atoms with Crippen molar-refractivity contribution in [2.75, 3.05) is 55.7 Å². The molecule has 3 saturated heterocycles. The lowest BCUT2D eigenvalue weighted by atomic mass is 10.2. The second kappa shape index (κ2) is 5.14. The van der Waals surface area contributed by atoms with Crippen molar-refractivity contribution >= 4 is 11.4 Å². The molecule has 2 N–H and O–H groups in total. The fourth-order valence-electron chi connectivity index (χ4n) is 3.15. The van der Waals surface area contributed by atoms with Crippen molar-refractivity contribution in [1.82, 2.24) is 5.32 Å². The number of nitrogens with zero attached hydrogens (tertiary/aromatic N) is 2. The maximum absolute atomic E-state index is 9.29. The van der Waals surface area contributed by atoms with E-state index in [1.165, 1.54) is 5.69 Å². The standard InChI is InChI=1S/C15H21N3O3/c19-10-14-9-18(15(21-14)11-20-15)13-3-1-12(2-4-13)17-7-5-16-6-8-17/h1-4,14,16,19H,5-11H2/t14-,15?/m1/s1. The Hall–Kier alpha value is -1.34. The smallest absolute Gasteiger partial charge is 0.277 e. The SMILES string of the molecule is OC[C@H]1CN(c2ccc(N3CCNCC3)cc2)C2(CO2)O1. The maximum atomic E-state index is 9.29. The van der Waals surface area contributed by atoms with Gasteiger partial charge in [-0.3, -0.25) is 0 Å². The predicted molar refractivity (Wildman–Crippen MR) is 79.5 cm³/mol. The molecule has 0 aliphatic carbocycles. The third kappa shape index (κ3) is 2.38. The highest BCUT2D eigenvalue weighted by Gasteiger charge is 2.58. The average molecular weight is 291 g/mol. The van der Waals surface area contributed by atoms with E-state index in [0.717, 1.165) is 31.9 Å². The van der Waals surface area contributed by atoms with E-state index in [1.807, 2.05) is 0 Å². The van der Waals surface area contributed by atoms with Crippen LogP contribution in [-0.4, -0.2) is 63.1 Å². The summed E-state index contributed by atoms with van der Waals surface area (Å²) >= 11 is 0. The first-order valence-electron chi connectivity index (χ1n) is 7.57. The van der Waals surface area contributed by atoms with E-state index in [9.17, 15) is 5.11 Å². The number of piperazine rings is 1. The second-order valence-electron chi connectivity index (χ2n) is 5.79. The van der Waals surface area contributed by atoms with Crippen LogP contribution in [0.1, 0.15) is 0 Å². The van der Waals surface area contributed by atoms with Crippen LogP contribution in [-0.2, 0) is 9.47 Å². The quantitative estimate of drug-likeness (QED) is 0.763. The lowest BCUT2D eigenvalue weighted by Gasteiger charge is -2.30. The molecular formula is C15H21N3O3. The average Bonchev–Trinajstić information content (AvgIpc) is 3.22. The van der Waals surface area contributed by atoms with E-state index < -0.39 is 5.91 Å². The molecular weight excluding hydrogens is 270 g/mol. The number of ether oxygens (including phenoxy) is 2. The third-order valence-electron chi connectivity index (χ3n) is 4.39. The van der Waals surface area contributed by atoms with Crippen molar-refractivity contribution in [3.8, 4) is 0 Å². The Morgan fingerprint density at radius 1 is 1.19 bits per heavy atom. The monoisotopic (exact) mass is 291 g/mol. The number of hydrogen-bond acceptors (Lipinski definition) is 6. The predicted octanol–water partition coefficient (Wildman–Crippen LogP) is -0.0223. The van der Waals surface area contributed by atoms with Crippen LogP contribution >= 0.6 is 0 Å². The van der Waals surface area contributed by atoms with Gasteiger partial charge in [0.05, 0.1) is 13.2 Å². The number of aliphatic hydroxyl groups excluding tert-OH is 1. The zero-order valence-electron chi connectivity index (χ0n) is 12.0. The Kier molecular flexibility index (Phi) is 3.26. The number of hydrogen-bond donors (Lipinski definition) is 2. The van der Waals surface area contributed by atoms with Gasteiger partial charge < -0.3 is 29.7 Å². The molecule has 21 heavy (non-hydrogen) atoms. The number of anilines is 2. The number of benzene rings is 1. The molecule has 2 atom stereocenters. The fraction of sp³-hybridized carbons (Fsp3) is 0.600. The molecule has 1 aromatic carbocycles. The molecule has 6 nitrogen and oxygen atoms in total. The van der Waals surface area contributed by atoms with Gasteiger partial charge in [-0.2, -0.15) is 0 Å².